The molecule has 0 radical (unpaired) electrons. The molecule has 0 aromatic carbocycles. The summed E-state index contributed by atoms with van der Waals surface area (Å²) in [6.45, 7) is 3.09. The highest BCUT2D eigenvalue weighted by molar-refractivity contribution is 5.48. The molecule has 3 heteroatoms. The number of hydrogen-bond donors (Lipinski definition) is 1. The highest BCUT2D eigenvalue weighted by Gasteiger charge is 2.40. The summed E-state index contributed by atoms with van der Waals surface area (Å²) in [6, 6.07) is 4.20. The maximum Gasteiger partial charge on any atom is 0.131 e. The molecule has 1 aromatic rings. The first-order valence-corrected chi connectivity index (χ1v) is 7.22. The van der Waals surface area contributed by atoms with Crippen molar-refractivity contribution in [3.05, 3.63) is 23.9 Å². The number of nitrogens with zero attached hydrogens (tertiary/aromatic N) is 2. The monoisotopic (exact) mass is 245 g/mol. The van der Waals surface area contributed by atoms with Crippen molar-refractivity contribution < 1.29 is 0 Å². The summed E-state index contributed by atoms with van der Waals surface area (Å²) in [5.41, 5.74) is 7.62. The van der Waals surface area contributed by atoms with Crippen LogP contribution in [0.5, 0.6) is 0 Å². The summed E-state index contributed by atoms with van der Waals surface area (Å²) >= 11 is 0. The van der Waals surface area contributed by atoms with E-state index in [1.165, 1.54) is 56.6 Å². The second-order valence-corrected chi connectivity index (χ2v) is 5.90. The van der Waals surface area contributed by atoms with Crippen molar-refractivity contribution in [2.24, 2.45) is 11.1 Å². The Balaban J connectivity index is 1.79. The molecule has 1 saturated carbocycles. The van der Waals surface area contributed by atoms with Gasteiger partial charge in [-0.3, -0.25) is 0 Å². The average molecular weight is 245 g/mol. The first-order chi connectivity index (χ1) is 8.83. The van der Waals surface area contributed by atoms with E-state index in [0.29, 0.717) is 12.0 Å². The Morgan fingerprint density at radius 2 is 2.11 bits per heavy atom. The predicted octanol–water partition coefficient (Wildman–Crippen LogP) is 2.35. The van der Waals surface area contributed by atoms with Crippen LogP contribution in [0.3, 0.4) is 0 Å². The van der Waals surface area contributed by atoms with E-state index >= 15 is 0 Å². The summed E-state index contributed by atoms with van der Waals surface area (Å²) < 4.78 is 0. The molecule has 0 unspecified atom stereocenters. The highest BCUT2D eigenvalue weighted by atomic mass is 15.2. The summed E-state index contributed by atoms with van der Waals surface area (Å²) in [5.74, 6) is 1.19. The molecule has 3 rings (SSSR count). The Labute approximate surface area is 109 Å². The van der Waals surface area contributed by atoms with Crippen LogP contribution in [-0.2, 0) is 6.42 Å². The van der Waals surface area contributed by atoms with Crippen LogP contribution in [-0.4, -0.2) is 24.6 Å². The van der Waals surface area contributed by atoms with Crippen LogP contribution >= 0.6 is 0 Å². The largest absolute Gasteiger partial charge is 0.356 e. The molecule has 0 amide bonds. The minimum Gasteiger partial charge on any atom is -0.356 e. The van der Waals surface area contributed by atoms with E-state index in [1.807, 2.05) is 12.3 Å². The smallest absolute Gasteiger partial charge is 0.131 e. The molecule has 0 bridgehead atoms. The predicted molar refractivity (Wildman–Crippen MR) is 74.7 cm³/mol. The summed E-state index contributed by atoms with van der Waals surface area (Å²) in [4.78, 5) is 7.10. The van der Waals surface area contributed by atoms with E-state index in [1.54, 1.807) is 0 Å². The zero-order valence-electron chi connectivity index (χ0n) is 11.1. The molecule has 2 N–H and O–H groups in total. The van der Waals surface area contributed by atoms with Gasteiger partial charge < -0.3 is 10.6 Å². The van der Waals surface area contributed by atoms with E-state index in [9.17, 15) is 0 Å². The Morgan fingerprint density at radius 1 is 1.28 bits per heavy atom. The fraction of sp³-hybridized carbons (Fsp3) is 0.667. The van der Waals surface area contributed by atoms with Crippen LogP contribution in [0.2, 0.25) is 0 Å². The second kappa shape index (κ2) is 4.88. The minimum atomic E-state index is 0.609. The quantitative estimate of drug-likeness (QED) is 0.889. The highest BCUT2D eigenvalue weighted by Crippen LogP contribution is 2.46. The average Bonchev–Trinajstić information content (AvgIpc) is 3.02. The third-order valence-corrected chi connectivity index (χ3v) is 4.68. The molecule has 2 fully saturated rings. The molecule has 3 nitrogen and oxygen atoms in total. The van der Waals surface area contributed by atoms with Crippen LogP contribution in [0.1, 0.15) is 37.7 Å². The van der Waals surface area contributed by atoms with E-state index in [2.05, 4.69) is 16.0 Å². The lowest BCUT2D eigenvalue weighted by molar-refractivity contribution is 0.340. The second-order valence-electron chi connectivity index (χ2n) is 5.90. The molecule has 1 saturated heterocycles. The fourth-order valence-corrected chi connectivity index (χ4v) is 3.71. The van der Waals surface area contributed by atoms with Gasteiger partial charge in [-0.05, 0) is 49.3 Å². The summed E-state index contributed by atoms with van der Waals surface area (Å²) in [5, 5.41) is 0. The van der Waals surface area contributed by atoms with E-state index in [0.717, 1.165) is 6.42 Å². The van der Waals surface area contributed by atoms with Gasteiger partial charge in [0.25, 0.3) is 0 Å². The van der Waals surface area contributed by atoms with Gasteiger partial charge in [-0.15, -0.1) is 0 Å². The van der Waals surface area contributed by atoms with Crippen molar-refractivity contribution >= 4 is 5.82 Å². The third kappa shape index (κ3) is 2.12. The molecule has 1 aromatic heterocycles. The topological polar surface area (TPSA) is 42.1 Å². The number of pyridine rings is 1. The molecule has 18 heavy (non-hydrogen) atoms. The van der Waals surface area contributed by atoms with Gasteiger partial charge in [0.1, 0.15) is 5.82 Å². The van der Waals surface area contributed by atoms with Gasteiger partial charge in [-0.2, -0.15) is 0 Å². The lowest BCUT2D eigenvalue weighted by atomic mass is 9.86. The summed E-state index contributed by atoms with van der Waals surface area (Å²) in [6.07, 6.45) is 9.88. The van der Waals surface area contributed by atoms with Gasteiger partial charge >= 0.3 is 0 Å². The van der Waals surface area contributed by atoms with E-state index < -0.39 is 0 Å². The van der Waals surface area contributed by atoms with Gasteiger partial charge in [0, 0.05) is 19.3 Å². The van der Waals surface area contributed by atoms with Crippen LogP contribution in [0, 0.1) is 5.41 Å². The number of anilines is 1. The molecular formula is C15H23N3. The Morgan fingerprint density at radius 3 is 2.89 bits per heavy atom. The minimum absolute atomic E-state index is 0.609. The third-order valence-electron chi connectivity index (χ3n) is 4.68. The zero-order chi connectivity index (χ0) is 12.4. The molecule has 98 valence electrons. The molecule has 2 heterocycles. The van der Waals surface area contributed by atoms with E-state index in [-0.39, 0.29) is 0 Å². The number of aromatic nitrogens is 1. The van der Waals surface area contributed by atoms with Gasteiger partial charge in [-0.1, -0.05) is 18.9 Å². The van der Waals surface area contributed by atoms with Crippen LogP contribution in [0.15, 0.2) is 18.3 Å². The van der Waals surface area contributed by atoms with Gasteiger partial charge in [0.05, 0.1) is 0 Å². The standard InChI is InChI=1S/C15H23N3/c16-9-5-13-4-3-10-17-14(13)18-11-8-15(12-18)6-1-2-7-15/h3-4,10H,1-2,5-9,11-12,16H2. The molecule has 1 spiro atoms. The maximum absolute atomic E-state index is 5.70. The molecule has 2 aliphatic rings. The van der Waals surface area contributed by atoms with Crippen molar-refractivity contribution in [2.45, 2.75) is 38.5 Å². The van der Waals surface area contributed by atoms with E-state index in [4.69, 9.17) is 5.73 Å². The Hall–Kier alpha value is -1.09. The van der Waals surface area contributed by atoms with Gasteiger partial charge in [0.15, 0.2) is 0 Å². The van der Waals surface area contributed by atoms with Crippen molar-refractivity contribution in [3.8, 4) is 0 Å². The zero-order valence-corrected chi connectivity index (χ0v) is 11.1. The molecule has 1 aliphatic carbocycles. The van der Waals surface area contributed by atoms with Crippen LogP contribution in [0.25, 0.3) is 0 Å². The lowest BCUT2D eigenvalue weighted by Crippen LogP contribution is -2.26. The van der Waals surface area contributed by atoms with Crippen molar-refractivity contribution in [1.82, 2.24) is 4.98 Å². The normalized spacial score (nSPS) is 21.9. The molecule has 1 aliphatic heterocycles. The first-order valence-electron chi connectivity index (χ1n) is 7.22. The fourth-order valence-electron chi connectivity index (χ4n) is 3.71. The number of rotatable bonds is 3. The van der Waals surface area contributed by atoms with Crippen molar-refractivity contribution in [2.75, 3.05) is 24.5 Å². The number of hydrogen-bond acceptors (Lipinski definition) is 3. The Bertz CT molecular complexity index is 410. The van der Waals surface area contributed by atoms with Crippen molar-refractivity contribution in [1.29, 1.82) is 0 Å². The van der Waals surface area contributed by atoms with Crippen molar-refractivity contribution in [3.63, 3.8) is 0 Å². The molecular weight excluding hydrogens is 222 g/mol. The molecule has 0 atom stereocenters. The lowest BCUT2D eigenvalue weighted by Gasteiger charge is -2.25. The SMILES string of the molecule is NCCc1cccnc1N1CCC2(CCCC2)C1. The Kier molecular flexibility index (Phi) is 3.25. The first kappa shape index (κ1) is 12.0. The summed E-state index contributed by atoms with van der Waals surface area (Å²) in [7, 11) is 0. The number of nitrogens with two attached hydrogens (primary N) is 1. The van der Waals surface area contributed by atoms with Gasteiger partial charge in [0.2, 0.25) is 0 Å². The van der Waals surface area contributed by atoms with Gasteiger partial charge in [-0.25, -0.2) is 4.98 Å². The maximum atomic E-state index is 5.70. The van der Waals surface area contributed by atoms with Crippen LogP contribution < -0.4 is 10.6 Å². The van der Waals surface area contributed by atoms with Crippen LogP contribution in [0.4, 0.5) is 5.82 Å².